The predicted molar refractivity (Wildman–Crippen MR) is 124 cm³/mol. The van der Waals surface area contributed by atoms with E-state index < -0.39 is 0 Å². The van der Waals surface area contributed by atoms with E-state index in [1.807, 2.05) is 20.8 Å². The molecule has 1 aliphatic heterocycles. The summed E-state index contributed by atoms with van der Waals surface area (Å²) in [5.41, 5.74) is 5.12. The Bertz CT molecular complexity index is 1210. The third kappa shape index (κ3) is 3.87. The fraction of sp³-hybridized carbons (Fsp3) is 0.391. The number of hydrogen-bond acceptors (Lipinski definition) is 6. The summed E-state index contributed by atoms with van der Waals surface area (Å²) in [6.07, 6.45) is 1.03. The van der Waals surface area contributed by atoms with E-state index in [1.54, 1.807) is 7.05 Å². The normalized spacial score (nSPS) is 13.9. The molecule has 1 unspecified atom stereocenters. The Morgan fingerprint density at radius 3 is 2.74 bits per heavy atom. The molecule has 1 N–H and O–H groups in total. The average molecular weight is 438 g/mol. The first kappa shape index (κ1) is 21.2. The number of fused-ring (bicyclic) bond motifs is 1. The Kier molecular flexibility index (Phi) is 5.66. The van der Waals surface area contributed by atoms with Crippen molar-refractivity contribution < 1.29 is 4.79 Å². The number of carbonyl (C=O) groups is 1. The summed E-state index contributed by atoms with van der Waals surface area (Å²) in [5, 5.41) is 7.84. The second-order valence-electron chi connectivity index (χ2n) is 8.08. The van der Waals surface area contributed by atoms with E-state index in [4.69, 9.17) is 0 Å². The summed E-state index contributed by atoms with van der Waals surface area (Å²) in [4.78, 5) is 33.0. The van der Waals surface area contributed by atoms with Gasteiger partial charge in [-0.3, -0.25) is 9.59 Å². The highest BCUT2D eigenvalue weighted by atomic mass is 32.1. The zero-order chi connectivity index (χ0) is 22.3. The van der Waals surface area contributed by atoms with Crippen LogP contribution in [0.3, 0.4) is 0 Å². The van der Waals surface area contributed by atoms with Gasteiger partial charge in [-0.25, -0.2) is 9.67 Å². The number of thiazole rings is 1. The molecule has 0 aliphatic carbocycles. The van der Waals surface area contributed by atoms with Crippen molar-refractivity contribution in [2.24, 2.45) is 7.05 Å². The second kappa shape index (κ2) is 8.26. The molecule has 0 radical (unpaired) electrons. The zero-order valence-corrected chi connectivity index (χ0v) is 19.3. The molecule has 0 fully saturated rings. The summed E-state index contributed by atoms with van der Waals surface area (Å²) >= 11 is 1.26. The lowest BCUT2D eigenvalue weighted by Crippen LogP contribution is -2.41. The minimum absolute atomic E-state index is 0.152. The number of nitrogens with zero attached hydrogens (tertiary/aromatic N) is 4. The van der Waals surface area contributed by atoms with Gasteiger partial charge in [-0.15, -0.1) is 11.3 Å². The van der Waals surface area contributed by atoms with Crippen LogP contribution in [0.25, 0.3) is 10.6 Å². The number of para-hydroxylation sites is 1. The molecule has 1 aliphatic rings. The molecule has 7 nitrogen and oxygen atoms in total. The predicted octanol–water partition coefficient (Wildman–Crippen LogP) is 3.01. The van der Waals surface area contributed by atoms with Crippen LogP contribution >= 0.6 is 11.3 Å². The van der Waals surface area contributed by atoms with Crippen molar-refractivity contribution in [3.63, 3.8) is 0 Å². The van der Waals surface area contributed by atoms with Crippen molar-refractivity contribution in [3.05, 3.63) is 62.0 Å². The number of nitrogens with one attached hydrogen (secondary N) is 1. The fourth-order valence-electron chi connectivity index (χ4n) is 4.07. The highest BCUT2D eigenvalue weighted by molar-refractivity contribution is 7.17. The molecule has 1 amide bonds. The molecule has 1 atom stereocenters. The molecule has 0 saturated carbocycles. The maximum absolute atomic E-state index is 12.9. The number of aromatic nitrogens is 3. The van der Waals surface area contributed by atoms with E-state index in [9.17, 15) is 9.59 Å². The fourth-order valence-corrected chi connectivity index (χ4v) is 5.14. The van der Waals surface area contributed by atoms with Gasteiger partial charge >= 0.3 is 0 Å². The van der Waals surface area contributed by atoms with E-state index in [1.165, 1.54) is 27.3 Å². The first-order chi connectivity index (χ1) is 14.8. The van der Waals surface area contributed by atoms with Crippen molar-refractivity contribution >= 4 is 22.9 Å². The summed E-state index contributed by atoms with van der Waals surface area (Å²) in [5.74, 6) is -0.152. The first-order valence-electron chi connectivity index (χ1n) is 10.4. The molecule has 8 heteroatoms. The second-order valence-corrected chi connectivity index (χ2v) is 9.08. The van der Waals surface area contributed by atoms with Gasteiger partial charge in [0.05, 0.1) is 17.0 Å². The molecule has 162 valence electrons. The summed E-state index contributed by atoms with van der Waals surface area (Å²) in [7, 11) is 1.63. The lowest BCUT2D eigenvalue weighted by Gasteiger charge is -2.27. The molecule has 3 aromatic rings. The van der Waals surface area contributed by atoms with E-state index >= 15 is 0 Å². The van der Waals surface area contributed by atoms with Crippen LogP contribution < -0.4 is 15.8 Å². The Morgan fingerprint density at radius 1 is 1.23 bits per heavy atom. The molecule has 4 rings (SSSR count). The SMILES string of the molecule is Cc1nc(-c2c(C)c(C)nn(C)c2=O)sc1C(=O)NCC(C)N1CCc2ccccc21. The molecular weight excluding hydrogens is 410 g/mol. The lowest BCUT2D eigenvalue weighted by atomic mass is 10.1. The number of rotatable bonds is 5. The van der Waals surface area contributed by atoms with Gasteiger partial charge in [0, 0.05) is 31.9 Å². The van der Waals surface area contributed by atoms with Gasteiger partial charge in [-0.05, 0) is 51.3 Å². The Labute approximate surface area is 185 Å². The molecule has 3 heterocycles. The number of amides is 1. The Hall–Kier alpha value is -3.00. The number of aryl methyl sites for hydroxylation is 3. The van der Waals surface area contributed by atoms with Crippen LogP contribution in [0.5, 0.6) is 0 Å². The lowest BCUT2D eigenvalue weighted by molar-refractivity contribution is 0.0955. The maximum Gasteiger partial charge on any atom is 0.277 e. The van der Waals surface area contributed by atoms with Gasteiger partial charge < -0.3 is 10.2 Å². The van der Waals surface area contributed by atoms with Crippen molar-refractivity contribution in [2.45, 2.75) is 40.2 Å². The van der Waals surface area contributed by atoms with E-state index in [0.29, 0.717) is 27.7 Å². The van der Waals surface area contributed by atoms with Crippen LogP contribution in [0.1, 0.15) is 39.1 Å². The van der Waals surface area contributed by atoms with Crippen LogP contribution in [-0.4, -0.2) is 39.8 Å². The highest BCUT2D eigenvalue weighted by Gasteiger charge is 2.25. The van der Waals surface area contributed by atoms with Crippen molar-refractivity contribution in [1.82, 2.24) is 20.1 Å². The molecular formula is C23H27N5O2S. The molecule has 0 bridgehead atoms. The van der Waals surface area contributed by atoms with E-state index in [-0.39, 0.29) is 17.5 Å². The van der Waals surface area contributed by atoms with Gasteiger partial charge in [0.15, 0.2) is 0 Å². The number of carbonyl (C=O) groups excluding carboxylic acids is 1. The van der Waals surface area contributed by atoms with Crippen molar-refractivity contribution in [2.75, 3.05) is 18.0 Å². The van der Waals surface area contributed by atoms with Gasteiger partial charge in [0.1, 0.15) is 9.88 Å². The molecule has 2 aromatic heterocycles. The number of benzene rings is 1. The van der Waals surface area contributed by atoms with E-state index in [0.717, 1.165) is 24.2 Å². The minimum Gasteiger partial charge on any atom is -0.366 e. The van der Waals surface area contributed by atoms with Crippen LogP contribution in [0, 0.1) is 20.8 Å². The monoisotopic (exact) mass is 437 g/mol. The van der Waals surface area contributed by atoms with Gasteiger partial charge in [-0.2, -0.15) is 5.10 Å². The topological polar surface area (TPSA) is 80.1 Å². The van der Waals surface area contributed by atoms with Gasteiger partial charge in [-0.1, -0.05) is 18.2 Å². The standard InChI is InChI=1S/C23H27N5O2S/c1-13(28-11-10-17-8-6-7-9-18(17)28)12-24-21(29)20-16(4)25-22(31-20)19-14(2)15(3)26-27(5)23(19)30/h6-9,13H,10-12H2,1-5H3,(H,24,29). The molecule has 0 saturated heterocycles. The first-order valence-corrected chi connectivity index (χ1v) is 11.2. The maximum atomic E-state index is 12.9. The summed E-state index contributed by atoms with van der Waals surface area (Å²) < 4.78 is 1.32. The molecule has 0 spiro atoms. The Balaban J connectivity index is 1.51. The summed E-state index contributed by atoms with van der Waals surface area (Å²) in [6, 6.07) is 8.60. The number of hydrogen-bond donors (Lipinski definition) is 1. The van der Waals surface area contributed by atoms with Crippen molar-refractivity contribution in [3.8, 4) is 10.6 Å². The average Bonchev–Trinajstić information content (AvgIpc) is 3.34. The van der Waals surface area contributed by atoms with Crippen LogP contribution in [0.2, 0.25) is 0 Å². The van der Waals surface area contributed by atoms with Crippen LogP contribution in [0.15, 0.2) is 29.1 Å². The quantitative estimate of drug-likeness (QED) is 0.664. The third-order valence-electron chi connectivity index (χ3n) is 5.96. The summed E-state index contributed by atoms with van der Waals surface area (Å²) in [6.45, 7) is 9.16. The van der Waals surface area contributed by atoms with Gasteiger partial charge in [0.25, 0.3) is 11.5 Å². The third-order valence-corrected chi connectivity index (χ3v) is 7.13. The van der Waals surface area contributed by atoms with E-state index in [2.05, 4.69) is 51.5 Å². The van der Waals surface area contributed by atoms with Gasteiger partial charge in [0.2, 0.25) is 0 Å². The van der Waals surface area contributed by atoms with Crippen LogP contribution in [0.4, 0.5) is 5.69 Å². The highest BCUT2D eigenvalue weighted by Crippen LogP contribution is 2.30. The zero-order valence-electron chi connectivity index (χ0n) is 18.5. The Morgan fingerprint density at radius 2 is 1.97 bits per heavy atom. The minimum atomic E-state index is -0.204. The largest absolute Gasteiger partial charge is 0.366 e. The molecule has 31 heavy (non-hydrogen) atoms. The number of anilines is 1. The smallest absolute Gasteiger partial charge is 0.277 e. The molecule has 1 aromatic carbocycles. The van der Waals surface area contributed by atoms with Crippen molar-refractivity contribution in [1.29, 1.82) is 0 Å². The van der Waals surface area contributed by atoms with Crippen LogP contribution in [-0.2, 0) is 13.5 Å².